The topological polar surface area (TPSA) is 15.3 Å². The van der Waals surface area contributed by atoms with Crippen molar-refractivity contribution in [3.63, 3.8) is 0 Å². The number of rotatable bonds is 6. The van der Waals surface area contributed by atoms with Crippen molar-refractivity contribution in [2.75, 3.05) is 26.2 Å². The second kappa shape index (κ2) is 7.08. The molecule has 19 heavy (non-hydrogen) atoms. The highest BCUT2D eigenvalue weighted by atomic mass is 15.2. The summed E-state index contributed by atoms with van der Waals surface area (Å²) in [6.07, 6.45) is 9.88. The van der Waals surface area contributed by atoms with Gasteiger partial charge in [0.2, 0.25) is 0 Å². The first-order valence-electron chi connectivity index (χ1n) is 8.68. The van der Waals surface area contributed by atoms with E-state index in [-0.39, 0.29) is 0 Å². The van der Waals surface area contributed by atoms with Crippen molar-refractivity contribution < 1.29 is 0 Å². The van der Waals surface area contributed by atoms with Crippen LogP contribution in [0.25, 0.3) is 0 Å². The third-order valence-corrected chi connectivity index (χ3v) is 5.89. The Bertz CT molecular complexity index is 258. The molecule has 0 aromatic heterocycles. The maximum absolute atomic E-state index is 3.73. The zero-order valence-corrected chi connectivity index (χ0v) is 13.4. The fourth-order valence-electron chi connectivity index (χ4n) is 4.30. The van der Waals surface area contributed by atoms with E-state index in [2.05, 4.69) is 31.0 Å². The first kappa shape index (κ1) is 15.3. The molecule has 2 heteroatoms. The smallest absolute Gasteiger partial charge is 0.0107 e. The molecular weight excluding hydrogens is 232 g/mol. The van der Waals surface area contributed by atoms with Gasteiger partial charge >= 0.3 is 0 Å². The molecule has 0 aromatic rings. The van der Waals surface area contributed by atoms with Crippen molar-refractivity contribution in [3.05, 3.63) is 0 Å². The second-order valence-electron chi connectivity index (χ2n) is 6.90. The van der Waals surface area contributed by atoms with Crippen LogP contribution in [0.4, 0.5) is 0 Å². The summed E-state index contributed by atoms with van der Waals surface area (Å²) in [5.41, 5.74) is 0.641. The van der Waals surface area contributed by atoms with Gasteiger partial charge in [-0.1, -0.05) is 33.6 Å². The number of nitrogens with one attached hydrogen (secondary N) is 1. The van der Waals surface area contributed by atoms with Gasteiger partial charge in [-0.15, -0.1) is 0 Å². The third kappa shape index (κ3) is 3.72. The number of hydrogen-bond acceptors (Lipinski definition) is 2. The Labute approximate surface area is 120 Å². The molecule has 2 atom stereocenters. The molecule has 2 unspecified atom stereocenters. The van der Waals surface area contributed by atoms with Gasteiger partial charge in [-0.25, -0.2) is 0 Å². The van der Waals surface area contributed by atoms with Gasteiger partial charge in [-0.3, -0.25) is 0 Å². The Morgan fingerprint density at radius 1 is 1.11 bits per heavy atom. The van der Waals surface area contributed by atoms with E-state index in [1.54, 1.807) is 0 Å². The van der Waals surface area contributed by atoms with Crippen molar-refractivity contribution in [1.29, 1.82) is 0 Å². The van der Waals surface area contributed by atoms with Gasteiger partial charge in [0.25, 0.3) is 0 Å². The van der Waals surface area contributed by atoms with Crippen LogP contribution in [0, 0.1) is 11.3 Å². The zero-order valence-electron chi connectivity index (χ0n) is 13.4. The highest BCUT2D eigenvalue weighted by molar-refractivity contribution is 4.91. The zero-order chi connectivity index (χ0) is 13.7. The highest BCUT2D eigenvalue weighted by Crippen LogP contribution is 2.38. The molecule has 1 heterocycles. The molecular formula is C17H34N2. The second-order valence-corrected chi connectivity index (χ2v) is 6.90. The van der Waals surface area contributed by atoms with Crippen LogP contribution in [0.5, 0.6) is 0 Å². The Hall–Kier alpha value is -0.0800. The molecule has 1 aliphatic carbocycles. The van der Waals surface area contributed by atoms with Gasteiger partial charge in [0.1, 0.15) is 0 Å². The lowest BCUT2D eigenvalue weighted by Gasteiger charge is -2.35. The van der Waals surface area contributed by atoms with Gasteiger partial charge in [-0.2, -0.15) is 0 Å². The Balaban J connectivity index is 1.86. The first-order valence-corrected chi connectivity index (χ1v) is 8.68. The van der Waals surface area contributed by atoms with Crippen LogP contribution in [-0.2, 0) is 0 Å². The molecule has 0 spiro atoms. The lowest BCUT2D eigenvalue weighted by atomic mass is 9.81. The van der Waals surface area contributed by atoms with Crippen LogP contribution in [0.3, 0.4) is 0 Å². The maximum Gasteiger partial charge on any atom is 0.0107 e. The molecule has 1 N–H and O–H groups in total. The molecule has 0 amide bonds. The summed E-state index contributed by atoms with van der Waals surface area (Å²) in [6.45, 7) is 12.2. The molecule has 1 saturated carbocycles. The van der Waals surface area contributed by atoms with Crippen LogP contribution in [0.2, 0.25) is 0 Å². The van der Waals surface area contributed by atoms with Crippen molar-refractivity contribution in [1.82, 2.24) is 10.2 Å². The minimum atomic E-state index is 0.641. The molecule has 0 radical (unpaired) electrons. The van der Waals surface area contributed by atoms with E-state index in [4.69, 9.17) is 0 Å². The summed E-state index contributed by atoms with van der Waals surface area (Å²) >= 11 is 0. The normalized spacial score (nSPS) is 31.7. The van der Waals surface area contributed by atoms with Crippen LogP contribution < -0.4 is 5.32 Å². The van der Waals surface area contributed by atoms with Gasteiger partial charge in [0, 0.05) is 19.1 Å². The number of nitrogens with zero attached hydrogens (tertiary/aromatic N) is 1. The molecule has 2 fully saturated rings. The van der Waals surface area contributed by atoms with Crippen molar-refractivity contribution in [3.8, 4) is 0 Å². The van der Waals surface area contributed by atoms with Crippen molar-refractivity contribution in [2.24, 2.45) is 11.3 Å². The van der Waals surface area contributed by atoms with Crippen molar-refractivity contribution >= 4 is 0 Å². The fourth-order valence-corrected chi connectivity index (χ4v) is 4.30. The van der Waals surface area contributed by atoms with E-state index >= 15 is 0 Å². The van der Waals surface area contributed by atoms with Crippen LogP contribution in [0.1, 0.15) is 65.7 Å². The molecule has 1 aliphatic heterocycles. The lowest BCUT2D eigenvalue weighted by Crippen LogP contribution is -2.44. The predicted octanol–water partition coefficient (Wildman–Crippen LogP) is 3.67. The summed E-state index contributed by atoms with van der Waals surface area (Å²) in [4.78, 5) is 2.77. The highest BCUT2D eigenvalue weighted by Gasteiger charge is 2.36. The van der Waals surface area contributed by atoms with Crippen molar-refractivity contribution in [2.45, 2.75) is 71.8 Å². The summed E-state index contributed by atoms with van der Waals surface area (Å²) in [6, 6.07) is 0.789. The van der Waals surface area contributed by atoms with E-state index in [1.807, 2.05) is 0 Å². The summed E-state index contributed by atoms with van der Waals surface area (Å²) < 4.78 is 0. The molecule has 2 aliphatic rings. The first-order chi connectivity index (χ1) is 9.23. The van der Waals surface area contributed by atoms with E-state index in [1.165, 1.54) is 64.6 Å². The minimum Gasteiger partial charge on any atom is -0.314 e. The van der Waals surface area contributed by atoms with Gasteiger partial charge in [-0.05, 0) is 56.5 Å². The largest absolute Gasteiger partial charge is 0.314 e. The average molecular weight is 266 g/mol. The standard InChI is InChI=1S/C17H34N2/c1-4-17(5-2)11-12-19(14-17)13-15-9-7-8-10-16(15)18-6-3/h15-16,18H,4-14H2,1-3H3. The molecule has 1 saturated heterocycles. The summed E-state index contributed by atoms with van der Waals surface area (Å²) in [5, 5.41) is 3.73. The van der Waals surface area contributed by atoms with Gasteiger partial charge < -0.3 is 10.2 Å². The van der Waals surface area contributed by atoms with E-state index in [0.717, 1.165) is 18.5 Å². The third-order valence-electron chi connectivity index (χ3n) is 5.89. The molecule has 2 rings (SSSR count). The fraction of sp³-hybridized carbons (Fsp3) is 1.00. The number of likely N-dealkylation sites (tertiary alicyclic amines) is 1. The maximum atomic E-state index is 3.73. The lowest BCUT2D eigenvalue weighted by molar-refractivity contribution is 0.170. The average Bonchev–Trinajstić information content (AvgIpc) is 2.85. The summed E-state index contributed by atoms with van der Waals surface area (Å²) in [5.74, 6) is 0.901. The Morgan fingerprint density at radius 2 is 1.84 bits per heavy atom. The van der Waals surface area contributed by atoms with E-state index in [9.17, 15) is 0 Å². The minimum absolute atomic E-state index is 0.641. The van der Waals surface area contributed by atoms with E-state index < -0.39 is 0 Å². The SMILES string of the molecule is CCNC1CCCCC1CN1CCC(CC)(CC)C1. The Kier molecular flexibility index (Phi) is 5.70. The molecule has 0 bridgehead atoms. The van der Waals surface area contributed by atoms with Crippen LogP contribution in [0.15, 0.2) is 0 Å². The number of hydrogen-bond donors (Lipinski definition) is 1. The quantitative estimate of drug-likeness (QED) is 0.789. The van der Waals surface area contributed by atoms with Gasteiger partial charge in [0.05, 0.1) is 0 Å². The Morgan fingerprint density at radius 3 is 2.47 bits per heavy atom. The monoisotopic (exact) mass is 266 g/mol. The van der Waals surface area contributed by atoms with Crippen LogP contribution >= 0.6 is 0 Å². The van der Waals surface area contributed by atoms with Gasteiger partial charge in [0.15, 0.2) is 0 Å². The molecule has 2 nitrogen and oxygen atoms in total. The molecule has 0 aromatic carbocycles. The van der Waals surface area contributed by atoms with Crippen LogP contribution in [-0.4, -0.2) is 37.1 Å². The summed E-state index contributed by atoms with van der Waals surface area (Å²) in [7, 11) is 0. The molecule has 112 valence electrons. The van der Waals surface area contributed by atoms with E-state index in [0.29, 0.717) is 5.41 Å². The predicted molar refractivity (Wildman–Crippen MR) is 83.5 cm³/mol.